The summed E-state index contributed by atoms with van der Waals surface area (Å²) in [5.74, 6) is 1.25. The summed E-state index contributed by atoms with van der Waals surface area (Å²) in [7, 11) is 0. The summed E-state index contributed by atoms with van der Waals surface area (Å²) in [6, 6.07) is 20.9. The summed E-state index contributed by atoms with van der Waals surface area (Å²) < 4.78 is 11.4. The molecule has 1 aliphatic rings. The average Bonchev–Trinajstić information content (AvgIpc) is 3.57. The van der Waals surface area contributed by atoms with Crippen molar-refractivity contribution in [3.05, 3.63) is 105 Å². The van der Waals surface area contributed by atoms with Crippen molar-refractivity contribution in [1.82, 2.24) is 5.32 Å². The van der Waals surface area contributed by atoms with Crippen LogP contribution in [0.1, 0.15) is 56.1 Å². The fraction of sp³-hybridized carbons (Fsp3) is 0.207. The molecule has 6 nitrogen and oxygen atoms in total. The van der Waals surface area contributed by atoms with Gasteiger partial charge in [0.15, 0.2) is 0 Å². The first-order chi connectivity index (χ1) is 17.7. The van der Waals surface area contributed by atoms with E-state index in [0.29, 0.717) is 34.2 Å². The van der Waals surface area contributed by atoms with E-state index in [0.717, 1.165) is 42.4 Å². The minimum absolute atomic E-state index is 0.129. The third-order valence-corrected chi connectivity index (χ3v) is 7.34. The van der Waals surface area contributed by atoms with Gasteiger partial charge in [0.1, 0.15) is 23.1 Å². The Morgan fingerprint density at radius 2 is 1.94 bits per heavy atom. The molecule has 0 spiro atoms. The fourth-order valence-electron chi connectivity index (χ4n) is 4.30. The lowest BCUT2D eigenvalue weighted by Crippen LogP contribution is -2.23. The summed E-state index contributed by atoms with van der Waals surface area (Å²) in [5, 5.41) is 13.0. The van der Waals surface area contributed by atoms with Crippen LogP contribution in [0.25, 0.3) is 0 Å². The van der Waals surface area contributed by atoms with Crippen LogP contribution in [-0.2, 0) is 26.0 Å². The predicted molar refractivity (Wildman–Crippen MR) is 140 cm³/mol. The van der Waals surface area contributed by atoms with E-state index >= 15 is 0 Å². The number of hydrogen-bond donors (Lipinski definition) is 1. The summed E-state index contributed by atoms with van der Waals surface area (Å²) in [6.45, 7) is 0.614. The molecular weight excluding hydrogens is 470 g/mol. The Morgan fingerprint density at radius 1 is 1.11 bits per heavy atom. The van der Waals surface area contributed by atoms with Crippen molar-refractivity contribution in [3.63, 3.8) is 0 Å². The second-order valence-electron chi connectivity index (χ2n) is 8.51. The third-order valence-electron chi connectivity index (χ3n) is 6.14. The Bertz CT molecular complexity index is 1430. The van der Waals surface area contributed by atoms with Gasteiger partial charge in [-0.1, -0.05) is 30.3 Å². The molecule has 180 valence electrons. The third kappa shape index (κ3) is 5.24. The zero-order chi connectivity index (χ0) is 24.7. The molecule has 0 saturated heterocycles. The highest BCUT2D eigenvalue weighted by molar-refractivity contribution is 7.16. The minimum atomic E-state index is -0.129. The zero-order valence-electron chi connectivity index (χ0n) is 19.7. The van der Waals surface area contributed by atoms with E-state index in [-0.39, 0.29) is 12.5 Å². The molecule has 7 heteroatoms. The van der Waals surface area contributed by atoms with Crippen molar-refractivity contribution in [1.29, 1.82) is 5.26 Å². The van der Waals surface area contributed by atoms with E-state index in [4.69, 9.17) is 14.1 Å². The molecule has 0 fully saturated rings. The first-order valence-electron chi connectivity index (χ1n) is 11.9. The van der Waals surface area contributed by atoms with Crippen LogP contribution in [0, 0.1) is 11.3 Å². The van der Waals surface area contributed by atoms with E-state index in [9.17, 15) is 10.1 Å². The Labute approximate surface area is 213 Å². The number of amides is 1. The maximum Gasteiger partial charge on any atom is 0.255 e. The molecule has 4 aromatic rings. The van der Waals surface area contributed by atoms with Crippen molar-refractivity contribution >= 4 is 28.5 Å². The van der Waals surface area contributed by atoms with Crippen molar-refractivity contribution in [3.8, 4) is 11.8 Å². The highest BCUT2D eigenvalue weighted by atomic mass is 32.1. The monoisotopic (exact) mass is 495 g/mol. The molecule has 2 aromatic heterocycles. The maximum absolute atomic E-state index is 13.2. The smallest absolute Gasteiger partial charge is 0.255 e. The lowest BCUT2D eigenvalue weighted by Gasteiger charge is -2.12. The van der Waals surface area contributed by atoms with Gasteiger partial charge in [0.2, 0.25) is 0 Å². The average molecular weight is 496 g/mol. The van der Waals surface area contributed by atoms with Gasteiger partial charge in [0, 0.05) is 22.2 Å². The second kappa shape index (κ2) is 11.1. The number of nitriles is 1. The number of carbonyl (C=O) groups is 1. The lowest BCUT2D eigenvalue weighted by atomic mass is 9.95. The number of hydrogen-bond acceptors (Lipinski definition) is 6. The Morgan fingerprint density at radius 3 is 2.81 bits per heavy atom. The zero-order valence-corrected chi connectivity index (χ0v) is 20.5. The number of fused-ring (bicyclic) bond motifs is 1. The quantitative estimate of drug-likeness (QED) is 0.289. The number of thiophene rings is 1. The van der Waals surface area contributed by atoms with Crippen molar-refractivity contribution in [2.24, 2.45) is 4.99 Å². The number of ether oxygens (including phenoxy) is 1. The van der Waals surface area contributed by atoms with Gasteiger partial charge in [-0.2, -0.15) is 5.26 Å². The first-order valence-corrected chi connectivity index (χ1v) is 12.7. The lowest BCUT2D eigenvalue weighted by molar-refractivity contribution is 0.0948. The minimum Gasteiger partial charge on any atom is -0.488 e. The summed E-state index contributed by atoms with van der Waals surface area (Å²) in [6.07, 6.45) is 7.43. The van der Waals surface area contributed by atoms with Gasteiger partial charge < -0.3 is 14.5 Å². The van der Waals surface area contributed by atoms with Gasteiger partial charge in [-0.15, -0.1) is 11.3 Å². The molecule has 0 radical (unpaired) electrons. The van der Waals surface area contributed by atoms with Gasteiger partial charge in [-0.3, -0.25) is 4.79 Å². The van der Waals surface area contributed by atoms with E-state index in [1.54, 1.807) is 29.9 Å². The largest absolute Gasteiger partial charge is 0.488 e. The van der Waals surface area contributed by atoms with Crippen molar-refractivity contribution < 1.29 is 13.9 Å². The summed E-state index contributed by atoms with van der Waals surface area (Å²) >= 11 is 1.59. The van der Waals surface area contributed by atoms with Crippen LogP contribution in [-0.4, -0.2) is 12.1 Å². The van der Waals surface area contributed by atoms with Crippen LogP contribution < -0.4 is 10.1 Å². The highest BCUT2D eigenvalue weighted by Gasteiger charge is 2.25. The molecule has 5 rings (SSSR count). The first kappa shape index (κ1) is 23.6. The molecule has 1 aliphatic carbocycles. The molecule has 0 atom stereocenters. The Kier molecular flexibility index (Phi) is 7.25. The molecule has 1 amide bonds. The van der Waals surface area contributed by atoms with E-state index in [1.165, 1.54) is 4.88 Å². The SMILES string of the molecule is N#Cc1ccccc1COc1ccccc1C=Nc1sc2c(c1C(=O)NCc1ccco1)CCCC2. The molecule has 0 aliphatic heterocycles. The number of nitrogens with one attached hydrogen (secondary N) is 1. The van der Waals surface area contributed by atoms with E-state index in [2.05, 4.69) is 11.4 Å². The van der Waals surface area contributed by atoms with E-state index < -0.39 is 0 Å². The normalized spacial score (nSPS) is 12.8. The number of carbonyl (C=O) groups excluding carboxylic acids is 1. The molecule has 1 N–H and O–H groups in total. The maximum atomic E-state index is 13.2. The Hall–Kier alpha value is -4.15. The highest BCUT2D eigenvalue weighted by Crippen LogP contribution is 2.40. The van der Waals surface area contributed by atoms with E-state index in [1.807, 2.05) is 54.6 Å². The Balaban J connectivity index is 1.39. The number of para-hydroxylation sites is 1. The molecule has 36 heavy (non-hydrogen) atoms. The summed E-state index contributed by atoms with van der Waals surface area (Å²) in [5.41, 5.74) is 4.01. The number of aryl methyl sites for hydroxylation is 1. The van der Waals surface area contributed by atoms with Crippen LogP contribution >= 0.6 is 11.3 Å². The van der Waals surface area contributed by atoms with Gasteiger partial charge in [-0.05, 0) is 61.6 Å². The number of nitrogens with zero attached hydrogens (tertiary/aromatic N) is 2. The molecular formula is C29H25N3O3S. The van der Waals surface area contributed by atoms with Crippen LogP contribution in [0.3, 0.4) is 0 Å². The molecule has 0 unspecified atom stereocenters. The molecule has 0 saturated carbocycles. The van der Waals surface area contributed by atoms with Gasteiger partial charge >= 0.3 is 0 Å². The number of benzene rings is 2. The number of furan rings is 1. The second-order valence-corrected chi connectivity index (χ2v) is 9.59. The van der Waals surface area contributed by atoms with Crippen LogP contribution in [0.15, 0.2) is 76.3 Å². The van der Waals surface area contributed by atoms with Crippen molar-refractivity contribution in [2.45, 2.75) is 38.8 Å². The van der Waals surface area contributed by atoms with Gasteiger partial charge in [0.25, 0.3) is 5.91 Å². The standard InChI is InChI=1S/C29H25N3O3S/c30-16-20-8-1-2-10-22(20)19-35-25-13-5-3-9-21(25)17-32-29-27(24-12-4-6-14-26(24)36-29)28(33)31-18-23-11-7-15-34-23/h1-3,5,7-11,13,15,17H,4,6,12,14,18-19H2,(H,31,33). The molecule has 2 heterocycles. The van der Waals surface area contributed by atoms with Gasteiger partial charge in [-0.25, -0.2) is 4.99 Å². The van der Waals surface area contributed by atoms with Crippen molar-refractivity contribution in [2.75, 3.05) is 0 Å². The molecule has 2 aromatic carbocycles. The topological polar surface area (TPSA) is 87.6 Å². The van der Waals surface area contributed by atoms with Crippen LogP contribution in [0.4, 0.5) is 5.00 Å². The van der Waals surface area contributed by atoms with Crippen LogP contribution in [0.5, 0.6) is 5.75 Å². The number of rotatable bonds is 8. The summed E-state index contributed by atoms with van der Waals surface area (Å²) in [4.78, 5) is 19.2. The number of aliphatic imine (C=N–C) groups is 1. The fourth-order valence-corrected chi connectivity index (χ4v) is 5.53. The van der Waals surface area contributed by atoms with Crippen LogP contribution in [0.2, 0.25) is 0 Å². The predicted octanol–water partition coefficient (Wildman–Crippen LogP) is 6.35. The van der Waals surface area contributed by atoms with Gasteiger partial charge in [0.05, 0.1) is 30.0 Å². The molecule has 0 bridgehead atoms.